The van der Waals surface area contributed by atoms with Crippen molar-refractivity contribution in [3.05, 3.63) is 36.4 Å². The maximum absolute atomic E-state index is 6.02. The molecule has 5 heteroatoms. The first-order valence-corrected chi connectivity index (χ1v) is 6.46. The molecule has 0 bridgehead atoms. The van der Waals surface area contributed by atoms with Crippen LogP contribution in [0.25, 0.3) is 5.69 Å². The van der Waals surface area contributed by atoms with E-state index in [1.54, 1.807) is 0 Å². The van der Waals surface area contributed by atoms with Gasteiger partial charge in [-0.15, -0.1) is 0 Å². The van der Waals surface area contributed by atoms with Gasteiger partial charge in [0.25, 0.3) is 0 Å². The van der Waals surface area contributed by atoms with Crippen molar-refractivity contribution in [3.8, 4) is 5.69 Å². The number of ether oxygens (including phenoxy) is 1. The van der Waals surface area contributed by atoms with Gasteiger partial charge in [-0.2, -0.15) is 0 Å². The van der Waals surface area contributed by atoms with Gasteiger partial charge in [-0.3, -0.25) is 0 Å². The van der Waals surface area contributed by atoms with Gasteiger partial charge in [0.1, 0.15) is 0 Å². The van der Waals surface area contributed by atoms with Crippen molar-refractivity contribution >= 4 is 11.4 Å². The Morgan fingerprint density at radius 1 is 1.16 bits per heavy atom. The van der Waals surface area contributed by atoms with E-state index in [2.05, 4.69) is 16.0 Å². The van der Waals surface area contributed by atoms with E-state index in [1.807, 2.05) is 36.1 Å². The minimum Gasteiger partial charge on any atom is -0.399 e. The maximum atomic E-state index is 6.02. The summed E-state index contributed by atoms with van der Waals surface area (Å²) in [5.41, 5.74) is 9.97. The van der Waals surface area contributed by atoms with Crippen molar-refractivity contribution in [2.75, 3.05) is 36.9 Å². The number of aryl methyl sites for hydroxylation is 1. The lowest BCUT2D eigenvalue weighted by atomic mass is 10.2. The van der Waals surface area contributed by atoms with Crippen LogP contribution in [0.5, 0.6) is 0 Å². The molecular formula is C14H18N4O. The Hall–Kier alpha value is -2.01. The Kier molecular flexibility index (Phi) is 3.13. The smallest absolute Gasteiger partial charge is 0.0995 e. The van der Waals surface area contributed by atoms with E-state index in [0.717, 1.165) is 49.1 Å². The molecule has 1 saturated heterocycles. The minimum atomic E-state index is 0.769. The largest absolute Gasteiger partial charge is 0.399 e. The third-order valence-corrected chi connectivity index (χ3v) is 3.31. The molecule has 0 aliphatic carbocycles. The summed E-state index contributed by atoms with van der Waals surface area (Å²) in [6, 6.07) is 6.12. The summed E-state index contributed by atoms with van der Waals surface area (Å²) < 4.78 is 7.38. The van der Waals surface area contributed by atoms with Crippen LogP contribution >= 0.6 is 0 Å². The second kappa shape index (κ2) is 4.93. The summed E-state index contributed by atoms with van der Waals surface area (Å²) in [6.07, 6.45) is 3.81. The van der Waals surface area contributed by atoms with Gasteiger partial charge in [-0.25, -0.2) is 4.98 Å². The summed E-state index contributed by atoms with van der Waals surface area (Å²) in [5.74, 6) is 0. The van der Waals surface area contributed by atoms with Gasteiger partial charge in [-0.1, -0.05) is 0 Å². The first-order chi connectivity index (χ1) is 9.22. The molecule has 1 aromatic carbocycles. The SMILES string of the molecule is Cc1cn(-c2cc(N)cc(N3CCOCC3)c2)cn1. The molecule has 2 heterocycles. The minimum absolute atomic E-state index is 0.769. The number of nitrogens with zero attached hydrogens (tertiary/aromatic N) is 3. The molecule has 2 N–H and O–H groups in total. The summed E-state index contributed by atoms with van der Waals surface area (Å²) in [5, 5.41) is 0. The highest BCUT2D eigenvalue weighted by atomic mass is 16.5. The molecular weight excluding hydrogens is 240 g/mol. The topological polar surface area (TPSA) is 56.3 Å². The lowest BCUT2D eigenvalue weighted by Crippen LogP contribution is -2.36. The number of nitrogens with two attached hydrogens (primary N) is 1. The molecule has 1 aromatic heterocycles. The molecule has 1 fully saturated rings. The number of hydrogen-bond acceptors (Lipinski definition) is 4. The van der Waals surface area contributed by atoms with Crippen LogP contribution in [-0.4, -0.2) is 35.9 Å². The average Bonchev–Trinajstić information content (AvgIpc) is 2.86. The molecule has 0 radical (unpaired) electrons. The first-order valence-electron chi connectivity index (χ1n) is 6.46. The van der Waals surface area contributed by atoms with Crippen LogP contribution in [0.2, 0.25) is 0 Å². The molecule has 19 heavy (non-hydrogen) atoms. The van der Waals surface area contributed by atoms with Crippen LogP contribution in [0.1, 0.15) is 5.69 Å². The molecule has 0 spiro atoms. The van der Waals surface area contributed by atoms with Crippen LogP contribution in [0.4, 0.5) is 11.4 Å². The van der Waals surface area contributed by atoms with E-state index in [-0.39, 0.29) is 0 Å². The van der Waals surface area contributed by atoms with Crippen molar-refractivity contribution in [2.45, 2.75) is 6.92 Å². The summed E-state index contributed by atoms with van der Waals surface area (Å²) >= 11 is 0. The Morgan fingerprint density at radius 2 is 1.89 bits per heavy atom. The Bertz CT molecular complexity index is 573. The van der Waals surface area contributed by atoms with Crippen molar-refractivity contribution in [1.82, 2.24) is 9.55 Å². The predicted octanol–water partition coefficient (Wildman–Crippen LogP) is 1.60. The highest BCUT2D eigenvalue weighted by Gasteiger charge is 2.12. The number of imidazole rings is 1. The molecule has 1 aliphatic heterocycles. The number of benzene rings is 1. The molecule has 5 nitrogen and oxygen atoms in total. The van der Waals surface area contributed by atoms with E-state index in [1.165, 1.54) is 0 Å². The van der Waals surface area contributed by atoms with Gasteiger partial charge in [0.15, 0.2) is 0 Å². The number of rotatable bonds is 2. The highest BCUT2D eigenvalue weighted by Crippen LogP contribution is 2.24. The zero-order valence-electron chi connectivity index (χ0n) is 11.0. The predicted molar refractivity (Wildman–Crippen MR) is 75.7 cm³/mol. The second-order valence-electron chi connectivity index (χ2n) is 4.80. The van der Waals surface area contributed by atoms with Crippen LogP contribution in [-0.2, 0) is 4.74 Å². The molecule has 1 aliphatic rings. The van der Waals surface area contributed by atoms with E-state index in [0.29, 0.717) is 0 Å². The van der Waals surface area contributed by atoms with Crippen LogP contribution in [0.15, 0.2) is 30.7 Å². The number of nitrogen functional groups attached to an aromatic ring is 1. The zero-order chi connectivity index (χ0) is 13.2. The molecule has 0 amide bonds. The quantitative estimate of drug-likeness (QED) is 0.831. The Balaban J connectivity index is 1.95. The number of hydrogen-bond donors (Lipinski definition) is 1. The summed E-state index contributed by atoms with van der Waals surface area (Å²) in [6.45, 7) is 5.34. The van der Waals surface area contributed by atoms with E-state index < -0.39 is 0 Å². The summed E-state index contributed by atoms with van der Waals surface area (Å²) in [4.78, 5) is 6.55. The fraction of sp³-hybridized carbons (Fsp3) is 0.357. The number of anilines is 2. The fourth-order valence-corrected chi connectivity index (χ4v) is 2.33. The van der Waals surface area contributed by atoms with Crippen molar-refractivity contribution in [1.29, 1.82) is 0 Å². The van der Waals surface area contributed by atoms with Crippen molar-refractivity contribution in [2.24, 2.45) is 0 Å². The van der Waals surface area contributed by atoms with Gasteiger partial charge < -0.3 is 19.9 Å². The van der Waals surface area contributed by atoms with Gasteiger partial charge in [0.2, 0.25) is 0 Å². The zero-order valence-corrected chi connectivity index (χ0v) is 11.0. The highest BCUT2D eigenvalue weighted by molar-refractivity contribution is 5.62. The number of aromatic nitrogens is 2. The van der Waals surface area contributed by atoms with E-state index in [9.17, 15) is 0 Å². The molecule has 0 unspecified atom stereocenters. The molecule has 2 aromatic rings. The lowest BCUT2D eigenvalue weighted by molar-refractivity contribution is 0.122. The van der Waals surface area contributed by atoms with Crippen LogP contribution in [0.3, 0.4) is 0 Å². The third kappa shape index (κ3) is 2.56. The second-order valence-corrected chi connectivity index (χ2v) is 4.80. The van der Waals surface area contributed by atoms with Crippen LogP contribution in [0, 0.1) is 6.92 Å². The van der Waals surface area contributed by atoms with Crippen molar-refractivity contribution in [3.63, 3.8) is 0 Å². The molecule has 0 atom stereocenters. The standard InChI is InChI=1S/C14H18N4O/c1-11-9-18(10-16-11)14-7-12(15)6-13(8-14)17-2-4-19-5-3-17/h6-10H,2-5,15H2,1H3. The molecule has 100 valence electrons. The monoisotopic (exact) mass is 258 g/mol. The van der Waals surface area contributed by atoms with Gasteiger partial charge in [0, 0.05) is 30.7 Å². The maximum Gasteiger partial charge on any atom is 0.0995 e. The number of morpholine rings is 1. The van der Waals surface area contributed by atoms with Crippen LogP contribution < -0.4 is 10.6 Å². The third-order valence-electron chi connectivity index (χ3n) is 3.31. The normalized spacial score (nSPS) is 15.7. The average molecular weight is 258 g/mol. The Morgan fingerprint density at radius 3 is 2.58 bits per heavy atom. The van der Waals surface area contributed by atoms with Crippen molar-refractivity contribution < 1.29 is 4.74 Å². The molecule has 0 saturated carbocycles. The summed E-state index contributed by atoms with van der Waals surface area (Å²) in [7, 11) is 0. The van der Waals surface area contributed by atoms with E-state index >= 15 is 0 Å². The first kappa shape index (κ1) is 12.0. The Labute approximate surface area is 112 Å². The van der Waals surface area contributed by atoms with Gasteiger partial charge >= 0.3 is 0 Å². The molecule has 3 rings (SSSR count). The lowest BCUT2D eigenvalue weighted by Gasteiger charge is -2.29. The van der Waals surface area contributed by atoms with Gasteiger partial charge in [-0.05, 0) is 25.1 Å². The van der Waals surface area contributed by atoms with Gasteiger partial charge in [0.05, 0.1) is 30.9 Å². The van der Waals surface area contributed by atoms with E-state index in [4.69, 9.17) is 10.5 Å². The fourth-order valence-electron chi connectivity index (χ4n) is 2.33.